The minimum absolute atomic E-state index is 0.550. The summed E-state index contributed by atoms with van der Waals surface area (Å²) in [4.78, 5) is 10.9. The number of carbonyl (C=O) groups is 1. The first-order valence-electron chi connectivity index (χ1n) is 11.7. The van der Waals surface area contributed by atoms with Gasteiger partial charge in [-0.2, -0.15) is 0 Å². The van der Waals surface area contributed by atoms with Gasteiger partial charge in [0.15, 0.2) is 0 Å². The summed E-state index contributed by atoms with van der Waals surface area (Å²) in [5.41, 5.74) is 6.12. The Kier molecular flexibility index (Phi) is 6.53. The molecule has 0 fully saturated rings. The third-order valence-corrected chi connectivity index (χ3v) is 6.12. The molecule has 3 nitrogen and oxygen atoms in total. The van der Waals surface area contributed by atoms with E-state index in [0.717, 1.165) is 42.7 Å². The van der Waals surface area contributed by atoms with Gasteiger partial charge < -0.3 is 14.1 Å². The van der Waals surface area contributed by atoms with Gasteiger partial charge in [0, 0.05) is 23.7 Å². The monoisotopic (exact) mass is 445 g/mol. The number of rotatable bonds is 9. The molecule has 0 bridgehead atoms. The van der Waals surface area contributed by atoms with E-state index < -0.39 is 0 Å². The number of aryl methyl sites for hydroxylation is 3. The van der Waals surface area contributed by atoms with Gasteiger partial charge >= 0.3 is 0 Å². The second kappa shape index (κ2) is 10.2. The number of benzene rings is 4. The molecule has 0 N–H and O–H groups in total. The minimum atomic E-state index is 0.550. The second-order valence-corrected chi connectivity index (χ2v) is 8.48. The summed E-state index contributed by atoms with van der Waals surface area (Å²) in [6.45, 7) is 0. The number of hydrogen-bond acceptors (Lipinski definition) is 2. The number of carbonyl (C=O) groups excluding carboxylic acids is 1. The lowest BCUT2D eigenvalue weighted by Gasteiger charge is -2.09. The molecule has 0 atom stereocenters. The van der Waals surface area contributed by atoms with E-state index in [1.807, 2.05) is 42.5 Å². The quantitative estimate of drug-likeness (QED) is 0.222. The maximum absolute atomic E-state index is 10.9. The van der Waals surface area contributed by atoms with Crippen LogP contribution < -0.4 is 4.74 Å². The molecule has 34 heavy (non-hydrogen) atoms. The highest BCUT2D eigenvalue weighted by Crippen LogP contribution is 2.29. The Bertz CT molecular complexity index is 1370. The normalized spacial score (nSPS) is 10.9. The minimum Gasteiger partial charge on any atom is -0.457 e. The van der Waals surface area contributed by atoms with E-state index in [1.54, 1.807) is 0 Å². The van der Waals surface area contributed by atoms with Crippen molar-refractivity contribution < 1.29 is 9.53 Å². The van der Waals surface area contributed by atoms with Gasteiger partial charge in [0.2, 0.25) is 0 Å². The van der Waals surface area contributed by atoms with Gasteiger partial charge in [0.1, 0.15) is 17.8 Å². The first kappa shape index (κ1) is 21.7. The van der Waals surface area contributed by atoms with E-state index in [9.17, 15) is 4.79 Å². The van der Waals surface area contributed by atoms with Gasteiger partial charge in [-0.3, -0.25) is 0 Å². The molecule has 5 aromatic rings. The summed E-state index contributed by atoms with van der Waals surface area (Å²) < 4.78 is 8.22. The topological polar surface area (TPSA) is 31.2 Å². The number of hydrogen-bond donors (Lipinski definition) is 0. The van der Waals surface area contributed by atoms with Crippen LogP contribution >= 0.6 is 0 Å². The van der Waals surface area contributed by atoms with Crippen molar-refractivity contribution >= 4 is 17.2 Å². The van der Waals surface area contributed by atoms with Crippen molar-refractivity contribution in [3.05, 3.63) is 126 Å². The van der Waals surface area contributed by atoms with E-state index in [4.69, 9.17) is 4.74 Å². The Labute approximate surface area is 200 Å². The van der Waals surface area contributed by atoms with Crippen LogP contribution in [0.25, 0.3) is 16.6 Å². The van der Waals surface area contributed by atoms with Gasteiger partial charge in [-0.25, -0.2) is 0 Å². The number of ether oxygens (including phenoxy) is 1. The van der Waals surface area contributed by atoms with Gasteiger partial charge in [-0.1, -0.05) is 54.6 Å². The third-order valence-electron chi connectivity index (χ3n) is 6.12. The predicted octanol–water partition coefficient (Wildman–Crippen LogP) is 7.34. The van der Waals surface area contributed by atoms with Crippen molar-refractivity contribution in [2.45, 2.75) is 25.7 Å². The molecule has 3 heteroatoms. The number of para-hydroxylation sites is 1. The fourth-order valence-electron chi connectivity index (χ4n) is 4.36. The molecule has 0 aliphatic rings. The van der Waals surface area contributed by atoms with Crippen LogP contribution in [-0.2, 0) is 24.1 Å². The predicted molar refractivity (Wildman–Crippen MR) is 138 cm³/mol. The maximum atomic E-state index is 10.9. The van der Waals surface area contributed by atoms with E-state index in [1.165, 1.54) is 27.6 Å². The van der Waals surface area contributed by atoms with Crippen LogP contribution in [0.4, 0.5) is 0 Å². The standard InChI is InChI=1S/C31H27NO2/c33-21-7-10-25-14-20-31-30(22-25)26(15-13-24-8-3-1-4-9-24)23-32(31)27-16-18-29(19-17-27)34-28-11-5-2-6-12-28/h1-6,8-9,11-12,14,16-23H,7,10,13,15H2. The highest BCUT2D eigenvalue weighted by atomic mass is 16.5. The van der Waals surface area contributed by atoms with Crippen molar-refractivity contribution in [2.75, 3.05) is 0 Å². The zero-order valence-electron chi connectivity index (χ0n) is 19.1. The number of aldehydes is 1. The molecular weight excluding hydrogens is 418 g/mol. The Hall–Kier alpha value is -4.11. The lowest BCUT2D eigenvalue weighted by atomic mass is 10.0. The summed E-state index contributed by atoms with van der Waals surface area (Å²) >= 11 is 0. The highest BCUT2D eigenvalue weighted by Gasteiger charge is 2.12. The second-order valence-electron chi connectivity index (χ2n) is 8.48. The molecular formula is C31H27NO2. The Morgan fingerprint density at radius 2 is 1.38 bits per heavy atom. The molecule has 5 rings (SSSR count). The summed E-state index contributed by atoms with van der Waals surface area (Å²) in [6.07, 6.45) is 6.51. The van der Waals surface area contributed by atoms with Crippen molar-refractivity contribution in [1.29, 1.82) is 0 Å². The highest BCUT2D eigenvalue weighted by molar-refractivity contribution is 5.86. The van der Waals surface area contributed by atoms with E-state index in [2.05, 4.69) is 71.4 Å². The smallest absolute Gasteiger partial charge is 0.127 e. The van der Waals surface area contributed by atoms with Crippen molar-refractivity contribution in [2.24, 2.45) is 0 Å². The zero-order valence-corrected chi connectivity index (χ0v) is 19.1. The summed E-state index contributed by atoms with van der Waals surface area (Å²) in [5, 5.41) is 1.25. The van der Waals surface area contributed by atoms with E-state index in [-0.39, 0.29) is 0 Å². The summed E-state index contributed by atoms with van der Waals surface area (Å²) in [6, 6.07) is 35.2. The Morgan fingerprint density at radius 3 is 2.12 bits per heavy atom. The summed E-state index contributed by atoms with van der Waals surface area (Å²) in [7, 11) is 0. The fourth-order valence-corrected chi connectivity index (χ4v) is 4.36. The van der Waals surface area contributed by atoms with Crippen molar-refractivity contribution in [3.63, 3.8) is 0 Å². The van der Waals surface area contributed by atoms with E-state index in [0.29, 0.717) is 6.42 Å². The fraction of sp³-hybridized carbons (Fsp3) is 0.129. The van der Waals surface area contributed by atoms with Gasteiger partial charge in [-0.05, 0) is 84.5 Å². The van der Waals surface area contributed by atoms with Crippen LogP contribution in [0.5, 0.6) is 11.5 Å². The SMILES string of the molecule is O=CCCc1ccc2c(c1)c(CCc1ccccc1)cn2-c1ccc(Oc2ccccc2)cc1. The lowest BCUT2D eigenvalue weighted by Crippen LogP contribution is -1.93. The van der Waals surface area contributed by atoms with Gasteiger partial charge in [0.05, 0.1) is 5.52 Å². The molecule has 0 unspecified atom stereocenters. The van der Waals surface area contributed by atoms with Gasteiger partial charge in [0.25, 0.3) is 0 Å². The molecule has 1 heterocycles. The largest absolute Gasteiger partial charge is 0.457 e. The van der Waals surface area contributed by atoms with Crippen molar-refractivity contribution in [3.8, 4) is 17.2 Å². The Morgan fingerprint density at radius 1 is 0.676 bits per heavy atom. The maximum Gasteiger partial charge on any atom is 0.127 e. The van der Waals surface area contributed by atoms with Gasteiger partial charge in [-0.15, -0.1) is 0 Å². The summed E-state index contributed by atoms with van der Waals surface area (Å²) in [5.74, 6) is 1.64. The first-order valence-corrected chi connectivity index (χ1v) is 11.7. The van der Waals surface area contributed by atoms with Crippen LogP contribution in [0.3, 0.4) is 0 Å². The van der Waals surface area contributed by atoms with E-state index >= 15 is 0 Å². The molecule has 1 aromatic heterocycles. The third kappa shape index (κ3) is 4.94. The molecule has 0 saturated carbocycles. The van der Waals surface area contributed by atoms with Crippen LogP contribution in [-0.4, -0.2) is 10.9 Å². The number of nitrogens with zero attached hydrogens (tertiary/aromatic N) is 1. The zero-order chi connectivity index (χ0) is 23.2. The number of fused-ring (bicyclic) bond motifs is 1. The van der Waals surface area contributed by atoms with Crippen LogP contribution in [0.1, 0.15) is 23.1 Å². The molecule has 0 saturated heterocycles. The average Bonchev–Trinajstić information content (AvgIpc) is 3.26. The lowest BCUT2D eigenvalue weighted by molar-refractivity contribution is -0.107. The molecule has 4 aromatic carbocycles. The first-order chi connectivity index (χ1) is 16.8. The van der Waals surface area contributed by atoms with Crippen LogP contribution in [0.15, 0.2) is 109 Å². The Balaban J connectivity index is 1.46. The molecule has 0 radical (unpaired) electrons. The molecule has 0 amide bonds. The number of aromatic nitrogens is 1. The van der Waals surface area contributed by atoms with Crippen LogP contribution in [0.2, 0.25) is 0 Å². The molecule has 168 valence electrons. The molecule has 0 aliphatic heterocycles. The van der Waals surface area contributed by atoms with Crippen molar-refractivity contribution in [1.82, 2.24) is 4.57 Å². The average molecular weight is 446 g/mol. The molecule has 0 spiro atoms. The molecule has 0 aliphatic carbocycles. The van der Waals surface area contributed by atoms with Crippen LogP contribution in [0, 0.1) is 0 Å².